The third-order valence-corrected chi connectivity index (χ3v) is 5.69. The Hall–Kier alpha value is -2.12. The summed E-state index contributed by atoms with van der Waals surface area (Å²) in [5.74, 6) is -1.58. The lowest BCUT2D eigenvalue weighted by atomic mass is 9.84. The van der Waals surface area contributed by atoms with E-state index in [1.54, 1.807) is 31.2 Å². The standard InChI is InChI=1S/C16H15ClN4O2/c1-13(10-4-6-11(17)7-5-10)14(8-18)12(20)21-16(22-2,23-3)15(13,14)9-19/h4-7H,1-3H3,(H2,20,21)/t13-,14+,15-/m1/s1. The molecule has 2 N–H and O–H groups in total. The first-order chi connectivity index (χ1) is 10.9. The van der Waals surface area contributed by atoms with E-state index < -0.39 is 22.2 Å². The number of hydrogen-bond donors (Lipinski definition) is 1. The quantitative estimate of drug-likeness (QED) is 0.853. The zero-order chi connectivity index (χ0) is 17.1. The van der Waals surface area contributed by atoms with Crippen LogP contribution in [-0.4, -0.2) is 26.0 Å². The summed E-state index contributed by atoms with van der Waals surface area (Å²) in [4.78, 5) is 4.19. The van der Waals surface area contributed by atoms with Crippen molar-refractivity contribution in [3.8, 4) is 12.1 Å². The third kappa shape index (κ3) is 1.27. The molecule has 23 heavy (non-hydrogen) atoms. The Morgan fingerprint density at radius 1 is 1.13 bits per heavy atom. The summed E-state index contributed by atoms with van der Waals surface area (Å²) in [6, 6.07) is 11.4. The molecule has 118 valence electrons. The molecule has 1 aliphatic carbocycles. The molecule has 1 fully saturated rings. The van der Waals surface area contributed by atoms with E-state index in [4.69, 9.17) is 26.8 Å². The SMILES string of the molecule is COC1(OC)N=C(N)[C@@]2(C#N)[C@@](C)(c3ccc(Cl)cc3)[C@@]12C#N. The summed E-state index contributed by atoms with van der Waals surface area (Å²) in [6.45, 7) is 1.80. The first-order valence-electron chi connectivity index (χ1n) is 6.92. The lowest BCUT2D eigenvalue weighted by Crippen LogP contribution is -2.44. The van der Waals surface area contributed by atoms with Crippen molar-refractivity contribution in [2.75, 3.05) is 14.2 Å². The van der Waals surface area contributed by atoms with Gasteiger partial charge >= 0.3 is 0 Å². The van der Waals surface area contributed by atoms with Gasteiger partial charge in [-0.25, -0.2) is 4.99 Å². The Morgan fingerprint density at radius 3 is 2.13 bits per heavy atom. The maximum atomic E-state index is 10.0. The van der Waals surface area contributed by atoms with Crippen molar-refractivity contribution in [2.24, 2.45) is 21.6 Å². The summed E-state index contributed by atoms with van der Waals surface area (Å²) in [5, 5.41) is 20.5. The highest BCUT2D eigenvalue weighted by Crippen LogP contribution is 2.85. The Kier molecular flexibility index (Phi) is 3.05. The molecule has 2 aliphatic rings. The number of halogens is 1. The van der Waals surface area contributed by atoms with Crippen molar-refractivity contribution in [3.05, 3.63) is 34.9 Å². The molecule has 0 amide bonds. The lowest BCUT2D eigenvalue weighted by molar-refractivity contribution is -0.233. The van der Waals surface area contributed by atoms with Gasteiger partial charge in [-0.1, -0.05) is 30.7 Å². The summed E-state index contributed by atoms with van der Waals surface area (Å²) in [7, 11) is 2.76. The zero-order valence-corrected chi connectivity index (χ0v) is 13.7. The van der Waals surface area contributed by atoms with Crippen LogP contribution in [0, 0.1) is 33.5 Å². The fourth-order valence-electron chi connectivity index (χ4n) is 4.26. The molecule has 3 atom stereocenters. The average molecular weight is 331 g/mol. The molecule has 1 aromatic rings. The number of methoxy groups -OCH3 is 2. The topological polar surface area (TPSA) is 104 Å². The Balaban J connectivity index is 2.33. The summed E-state index contributed by atoms with van der Waals surface area (Å²) >= 11 is 5.95. The van der Waals surface area contributed by atoms with Crippen LogP contribution in [-0.2, 0) is 14.9 Å². The van der Waals surface area contributed by atoms with Gasteiger partial charge in [0.25, 0.3) is 5.91 Å². The van der Waals surface area contributed by atoms with Gasteiger partial charge in [0.2, 0.25) is 0 Å². The van der Waals surface area contributed by atoms with Crippen LogP contribution in [0.2, 0.25) is 5.02 Å². The van der Waals surface area contributed by atoms with Gasteiger partial charge in [-0.15, -0.1) is 0 Å². The van der Waals surface area contributed by atoms with Crippen LogP contribution < -0.4 is 5.73 Å². The molecule has 3 rings (SSSR count). The molecule has 1 heterocycles. The molecule has 0 spiro atoms. The van der Waals surface area contributed by atoms with E-state index in [2.05, 4.69) is 17.1 Å². The number of rotatable bonds is 3. The normalized spacial score (nSPS) is 36.5. The predicted octanol–water partition coefficient (Wildman–Crippen LogP) is 1.95. The Labute approximate surface area is 139 Å². The van der Waals surface area contributed by atoms with Crippen LogP contribution in [0.4, 0.5) is 0 Å². The highest BCUT2D eigenvalue weighted by Gasteiger charge is 2.99. The number of benzene rings is 1. The summed E-state index contributed by atoms with van der Waals surface area (Å²) in [5.41, 5.74) is 3.19. The lowest BCUT2D eigenvalue weighted by Gasteiger charge is -2.32. The van der Waals surface area contributed by atoms with Crippen molar-refractivity contribution in [3.63, 3.8) is 0 Å². The predicted molar refractivity (Wildman–Crippen MR) is 83.3 cm³/mol. The number of nitrogens with zero attached hydrogens (tertiary/aromatic N) is 3. The highest BCUT2D eigenvalue weighted by molar-refractivity contribution is 6.30. The summed E-state index contributed by atoms with van der Waals surface area (Å²) in [6.07, 6.45) is 0. The molecule has 0 radical (unpaired) electrons. The van der Waals surface area contributed by atoms with Gasteiger partial charge in [0, 0.05) is 24.7 Å². The van der Waals surface area contributed by atoms with Crippen molar-refractivity contribution in [1.29, 1.82) is 10.5 Å². The largest absolute Gasteiger partial charge is 0.386 e. The van der Waals surface area contributed by atoms with E-state index in [1.807, 2.05) is 0 Å². The summed E-state index contributed by atoms with van der Waals surface area (Å²) < 4.78 is 10.9. The molecule has 0 saturated heterocycles. The van der Waals surface area contributed by atoms with Gasteiger partial charge in [-0.05, 0) is 17.7 Å². The van der Waals surface area contributed by atoms with E-state index >= 15 is 0 Å². The van der Waals surface area contributed by atoms with Crippen LogP contribution in [0.5, 0.6) is 0 Å². The maximum Gasteiger partial charge on any atom is 0.293 e. The molecule has 0 bridgehead atoms. The number of nitriles is 2. The van der Waals surface area contributed by atoms with Crippen LogP contribution in [0.15, 0.2) is 29.3 Å². The van der Waals surface area contributed by atoms with Gasteiger partial charge in [0.15, 0.2) is 10.8 Å². The molecule has 0 aromatic heterocycles. The van der Waals surface area contributed by atoms with Crippen LogP contribution in [0.1, 0.15) is 12.5 Å². The second-order valence-corrected chi connectivity index (χ2v) is 6.28. The van der Waals surface area contributed by atoms with Gasteiger partial charge in [0.05, 0.1) is 12.1 Å². The molecule has 6 nitrogen and oxygen atoms in total. The number of amidine groups is 1. The molecule has 0 unspecified atom stereocenters. The third-order valence-electron chi connectivity index (χ3n) is 5.44. The number of aliphatic imine (C=N–C) groups is 1. The molecular formula is C16H15ClN4O2. The van der Waals surface area contributed by atoms with Gasteiger partial charge in [-0.2, -0.15) is 10.5 Å². The highest BCUT2D eigenvalue weighted by atomic mass is 35.5. The molecule has 1 aromatic carbocycles. The van der Waals surface area contributed by atoms with Crippen LogP contribution in [0.3, 0.4) is 0 Å². The minimum Gasteiger partial charge on any atom is -0.386 e. The number of hydrogen-bond acceptors (Lipinski definition) is 6. The minimum atomic E-state index is -1.63. The van der Waals surface area contributed by atoms with Gasteiger partial charge < -0.3 is 15.2 Å². The van der Waals surface area contributed by atoms with Gasteiger partial charge in [0.1, 0.15) is 5.84 Å². The molecular weight excluding hydrogens is 316 g/mol. The average Bonchev–Trinajstić information content (AvgIpc) is 2.97. The smallest absolute Gasteiger partial charge is 0.293 e. The van der Waals surface area contributed by atoms with E-state index in [0.717, 1.165) is 5.56 Å². The van der Waals surface area contributed by atoms with E-state index in [9.17, 15) is 10.5 Å². The maximum absolute atomic E-state index is 10.0. The monoisotopic (exact) mass is 330 g/mol. The van der Waals surface area contributed by atoms with E-state index in [-0.39, 0.29) is 5.84 Å². The second kappa shape index (κ2) is 4.46. The Morgan fingerprint density at radius 2 is 1.70 bits per heavy atom. The molecule has 1 saturated carbocycles. The number of fused-ring (bicyclic) bond motifs is 1. The second-order valence-electron chi connectivity index (χ2n) is 5.84. The van der Waals surface area contributed by atoms with Crippen molar-refractivity contribution < 1.29 is 9.47 Å². The van der Waals surface area contributed by atoms with Crippen molar-refractivity contribution in [1.82, 2.24) is 0 Å². The van der Waals surface area contributed by atoms with Crippen LogP contribution in [0.25, 0.3) is 0 Å². The van der Waals surface area contributed by atoms with Gasteiger partial charge in [-0.3, -0.25) is 0 Å². The number of ether oxygens (including phenoxy) is 2. The van der Waals surface area contributed by atoms with Crippen molar-refractivity contribution >= 4 is 17.4 Å². The van der Waals surface area contributed by atoms with E-state index in [1.165, 1.54) is 14.2 Å². The fourth-order valence-corrected chi connectivity index (χ4v) is 4.39. The molecule has 1 aliphatic heterocycles. The minimum absolute atomic E-state index is 0.0442. The molecule has 7 heteroatoms. The zero-order valence-electron chi connectivity index (χ0n) is 12.9. The van der Waals surface area contributed by atoms with Crippen LogP contribution >= 0.6 is 11.6 Å². The first-order valence-corrected chi connectivity index (χ1v) is 7.30. The first kappa shape index (κ1) is 15.8. The number of nitrogens with two attached hydrogens (primary N) is 1. The van der Waals surface area contributed by atoms with Crippen molar-refractivity contribution in [2.45, 2.75) is 18.2 Å². The Bertz CT molecular complexity index is 790. The fraction of sp³-hybridized carbons (Fsp3) is 0.438. The van der Waals surface area contributed by atoms with E-state index in [0.29, 0.717) is 5.02 Å².